The highest BCUT2D eigenvalue weighted by atomic mass is 35.5. The lowest BCUT2D eigenvalue weighted by molar-refractivity contribution is -0.142. The van der Waals surface area contributed by atoms with Crippen molar-refractivity contribution in [1.82, 2.24) is 9.55 Å². The average molecular weight is 406 g/mol. The molecule has 8 heteroatoms. The highest BCUT2D eigenvalue weighted by molar-refractivity contribution is 6.30. The van der Waals surface area contributed by atoms with E-state index in [-0.39, 0.29) is 23.9 Å². The van der Waals surface area contributed by atoms with Gasteiger partial charge in [0.25, 0.3) is 0 Å². The van der Waals surface area contributed by atoms with E-state index in [2.05, 4.69) is 4.98 Å². The highest BCUT2D eigenvalue weighted by Crippen LogP contribution is 2.39. The Bertz CT molecular complexity index is 1050. The van der Waals surface area contributed by atoms with Crippen LogP contribution in [0.3, 0.4) is 0 Å². The molecule has 0 spiro atoms. The zero-order valence-electron chi connectivity index (χ0n) is 14.8. The Labute approximate surface area is 164 Å². The van der Waals surface area contributed by atoms with E-state index in [4.69, 9.17) is 16.9 Å². The summed E-state index contributed by atoms with van der Waals surface area (Å²) < 4.78 is 42.9. The van der Waals surface area contributed by atoms with Crippen LogP contribution in [0.2, 0.25) is 5.15 Å². The van der Waals surface area contributed by atoms with Crippen molar-refractivity contribution in [2.24, 2.45) is 0 Å². The number of hydrogen-bond donors (Lipinski definition) is 1. The minimum Gasteiger partial charge on any atom is -0.392 e. The predicted molar refractivity (Wildman–Crippen MR) is 98.6 cm³/mol. The van der Waals surface area contributed by atoms with Gasteiger partial charge in [-0.05, 0) is 42.3 Å². The number of aliphatic hydroxyl groups excluding tert-OH is 1. The maximum absolute atomic E-state index is 13.9. The number of halogens is 4. The third-order valence-electron chi connectivity index (χ3n) is 4.38. The quantitative estimate of drug-likeness (QED) is 0.625. The predicted octanol–water partition coefficient (Wildman–Crippen LogP) is 4.94. The molecule has 0 radical (unpaired) electrons. The van der Waals surface area contributed by atoms with Crippen LogP contribution in [0.15, 0.2) is 42.6 Å². The van der Waals surface area contributed by atoms with Gasteiger partial charge in [-0.15, -0.1) is 0 Å². The molecule has 0 aliphatic carbocycles. The molecule has 1 aromatic carbocycles. The summed E-state index contributed by atoms with van der Waals surface area (Å²) in [5.41, 5.74) is 1.27. The Morgan fingerprint density at radius 2 is 1.89 bits per heavy atom. The van der Waals surface area contributed by atoms with Crippen LogP contribution in [-0.4, -0.2) is 14.7 Å². The summed E-state index contributed by atoms with van der Waals surface area (Å²) in [5, 5.41) is 18.3. The Balaban J connectivity index is 2.11. The lowest BCUT2D eigenvalue weighted by Crippen LogP contribution is -2.16. The monoisotopic (exact) mass is 405 g/mol. The third-order valence-corrected chi connectivity index (χ3v) is 4.72. The number of pyridine rings is 1. The lowest BCUT2D eigenvalue weighted by atomic mass is 10.0. The summed E-state index contributed by atoms with van der Waals surface area (Å²) in [5.74, 6) is 0. The first-order valence-electron chi connectivity index (χ1n) is 8.26. The van der Waals surface area contributed by atoms with Crippen molar-refractivity contribution in [3.05, 3.63) is 75.8 Å². The van der Waals surface area contributed by atoms with Crippen LogP contribution in [0.25, 0.3) is 11.1 Å². The first kappa shape index (κ1) is 19.9. The molecule has 0 fully saturated rings. The molecule has 0 aliphatic heterocycles. The fourth-order valence-electron chi connectivity index (χ4n) is 3.05. The zero-order valence-corrected chi connectivity index (χ0v) is 15.5. The fraction of sp³-hybridized carbons (Fsp3) is 0.200. The largest absolute Gasteiger partial charge is 0.432 e. The molecule has 0 saturated heterocycles. The molecule has 0 bridgehead atoms. The number of nitrogens with zero attached hydrogens (tertiary/aromatic N) is 3. The first-order valence-corrected chi connectivity index (χ1v) is 8.64. The molecule has 0 amide bonds. The molecule has 0 atom stereocenters. The molecule has 1 N–H and O–H groups in total. The van der Waals surface area contributed by atoms with E-state index in [0.29, 0.717) is 27.9 Å². The summed E-state index contributed by atoms with van der Waals surface area (Å²) in [6.45, 7) is 1.17. The summed E-state index contributed by atoms with van der Waals surface area (Å²) in [7, 11) is 0. The molecule has 4 nitrogen and oxygen atoms in total. The minimum absolute atomic E-state index is 0.0406. The van der Waals surface area contributed by atoms with Crippen LogP contribution in [0.1, 0.15) is 28.1 Å². The second kappa shape index (κ2) is 7.66. The standard InChI is InChI=1S/C20H15ClF3N3O/c1-12-6-17(15-4-2-13(8-25)3-5-15)18(20(22,23)24)27(12)10-14-7-16(11-28)19(21)26-9-14/h2-7,9,28H,10-11H2,1H3. The minimum atomic E-state index is -4.59. The van der Waals surface area contributed by atoms with Crippen molar-refractivity contribution in [3.63, 3.8) is 0 Å². The normalized spacial score (nSPS) is 11.5. The van der Waals surface area contributed by atoms with Gasteiger partial charge in [-0.2, -0.15) is 18.4 Å². The van der Waals surface area contributed by atoms with Crippen LogP contribution < -0.4 is 0 Å². The number of nitriles is 1. The fourth-order valence-corrected chi connectivity index (χ4v) is 3.22. The molecule has 2 aromatic heterocycles. The number of rotatable bonds is 4. The van der Waals surface area contributed by atoms with Gasteiger partial charge in [-0.25, -0.2) is 4.98 Å². The summed E-state index contributed by atoms with van der Waals surface area (Å²) in [6, 6.07) is 10.9. The van der Waals surface area contributed by atoms with Crippen molar-refractivity contribution in [2.45, 2.75) is 26.3 Å². The maximum atomic E-state index is 13.9. The van der Waals surface area contributed by atoms with E-state index >= 15 is 0 Å². The maximum Gasteiger partial charge on any atom is 0.432 e. The van der Waals surface area contributed by atoms with Gasteiger partial charge in [-0.3, -0.25) is 0 Å². The molecule has 2 heterocycles. The van der Waals surface area contributed by atoms with Crippen molar-refractivity contribution in [2.75, 3.05) is 0 Å². The number of aliphatic hydroxyl groups is 1. The van der Waals surface area contributed by atoms with Crippen LogP contribution in [-0.2, 0) is 19.3 Å². The number of aryl methyl sites for hydroxylation is 1. The second-order valence-corrected chi connectivity index (χ2v) is 6.63. The smallest absolute Gasteiger partial charge is 0.392 e. The molecule has 0 aliphatic rings. The third kappa shape index (κ3) is 3.88. The van der Waals surface area contributed by atoms with Gasteiger partial charge < -0.3 is 9.67 Å². The Morgan fingerprint density at radius 3 is 2.46 bits per heavy atom. The van der Waals surface area contributed by atoms with Gasteiger partial charge >= 0.3 is 6.18 Å². The van der Waals surface area contributed by atoms with Gasteiger partial charge in [-0.1, -0.05) is 23.7 Å². The van der Waals surface area contributed by atoms with E-state index < -0.39 is 11.9 Å². The lowest BCUT2D eigenvalue weighted by Gasteiger charge is -2.16. The summed E-state index contributed by atoms with van der Waals surface area (Å²) in [4.78, 5) is 3.93. The number of alkyl halides is 3. The van der Waals surface area contributed by atoms with Gasteiger partial charge in [0.1, 0.15) is 10.8 Å². The van der Waals surface area contributed by atoms with Crippen molar-refractivity contribution < 1.29 is 18.3 Å². The topological polar surface area (TPSA) is 61.8 Å². The van der Waals surface area contributed by atoms with E-state index in [9.17, 15) is 18.3 Å². The summed E-state index contributed by atoms with van der Waals surface area (Å²) in [6.07, 6.45) is -3.19. The van der Waals surface area contributed by atoms with Crippen molar-refractivity contribution in [3.8, 4) is 17.2 Å². The van der Waals surface area contributed by atoms with E-state index in [1.807, 2.05) is 6.07 Å². The van der Waals surface area contributed by atoms with Crippen molar-refractivity contribution in [1.29, 1.82) is 5.26 Å². The van der Waals surface area contributed by atoms with Gasteiger partial charge in [0.05, 0.1) is 18.2 Å². The number of hydrogen-bond acceptors (Lipinski definition) is 3. The van der Waals surface area contributed by atoms with Gasteiger partial charge in [0, 0.05) is 29.6 Å². The Morgan fingerprint density at radius 1 is 1.21 bits per heavy atom. The Kier molecular flexibility index (Phi) is 5.45. The summed E-state index contributed by atoms with van der Waals surface area (Å²) >= 11 is 5.86. The van der Waals surface area contributed by atoms with Gasteiger partial charge in [0.2, 0.25) is 0 Å². The van der Waals surface area contributed by atoms with E-state index in [1.165, 1.54) is 47.2 Å². The Hall–Kier alpha value is -2.82. The molecular formula is C20H15ClF3N3O. The second-order valence-electron chi connectivity index (χ2n) is 6.27. The van der Waals surface area contributed by atoms with Crippen LogP contribution in [0, 0.1) is 18.3 Å². The molecular weight excluding hydrogens is 391 g/mol. The zero-order chi connectivity index (χ0) is 20.5. The molecule has 3 aromatic rings. The number of aromatic nitrogens is 2. The van der Waals surface area contributed by atoms with Crippen LogP contribution in [0.4, 0.5) is 13.2 Å². The number of benzene rings is 1. The average Bonchev–Trinajstić information content (AvgIpc) is 3.00. The molecule has 3 rings (SSSR count). The molecule has 0 saturated carbocycles. The first-order chi connectivity index (χ1) is 13.2. The molecule has 0 unspecified atom stereocenters. The van der Waals surface area contributed by atoms with Crippen molar-refractivity contribution >= 4 is 11.6 Å². The molecule has 28 heavy (non-hydrogen) atoms. The molecule has 144 valence electrons. The highest BCUT2D eigenvalue weighted by Gasteiger charge is 2.38. The SMILES string of the molecule is Cc1cc(-c2ccc(C#N)cc2)c(C(F)(F)F)n1Cc1cnc(Cl)c(CO)c1. The van der Waals surface area contributed by atoms with E-state index in [0.717, 1.165) is 0 Å². The van der Waals surface area contributed by atoms with Crippen LogP contribution in [0.5, 0.6) is 0 Å². The van der Waals surface area contributed by atoms with Crippen LogP contribution >= 0.6 is 11.6 Å². The van der Waals surface area contributed by atoms with E-state index in [1.54, 1.807) is 6.92 Å². The van der Waals surface area contributed by atoms with Gasteiger partial charge in [0.15, 0.2) is 0 Å².